The first-order chi connectivity index (χ1) is 14.0. The van der Waals surface area contributed by atoms with Gasteiger partial charge in [-0.15, -0.1) is 0 Å². The van der Waals surface area contributed by atoms with Crippen LogP contribution in [-0.2, 0) is 16.0 Å². The zero-order chi connectivity index (χ0) is 20.8. The summed E-state index contributed by atoms with van der Waals surface area (Å²) in [5, 5.41) is 3.06. The molecule has 6 heteroatoms. The van der Waals surface area contributed by atoms with Crippen molar-refractivity contribution in [1.29, 1.82) is 0 Å². The summed E-state index contributed by atoms with van der Waals surface area (Å²) in [7, 11) is 3.13. The van der Waals surface area contributed by atoms with Crippen molar-refractivity contribution >= 4 is 17.5 Å². The van der Waals surface area contributed by atoms with Crippen LogP contribution in [0.1, 0.15) is 25.3 Å². The first-order valence-corrected chi connectivity index (χ1v) is 9.88. The molecular formula is C23H28N2O4. The second-order valence-electron chi connectivity index (χ2n) is 7.38. The van der Waals surface area contributed by atoms with Crippen LogP contribution in [0.3, 0.4) is 0 Å². The number of anilines is 1. The van der Waals surface area contributed by atoms with E-state index in [4.69, 9.17) is 9.47 Å². The van der Waals surface area contributed by atoms with Crippen LogP contribution >= 0.6 is 0 Å². The predicted octanol–water partition coefficient (Wildman–Crippen LogP) is 3.19. The van der Waals surface area contributed by atoms with Crippen molar-refractivity contribution < 1.29 is 19.1 Å². The van der Waals surface area contributed by atoms with Crippen molar-refractivity contribution in [1.82, 2.24) is 5.32 Å². The van der Waals surface area contributed by atoms with Gasteiger partial charge in [0.1, 0.15) is 11.5 Å². The summed E-state index contributed by atoms with van der Waals surface area (Å²) in [6.45, 7) is 2.33. The summed E-state index contributed by atoms with van der Waals surface area (Å²) in [6.07, 6.45) is 1.94. The second kappa shape index (κ2) is 9.45. The molecule has 1 heterocycles. The highest BCUT2D eigenvalue weighted by Crippen LogP contribution is 2.36. The number of hydrogen-bond acceptors (Lipinski definition) is 4. The van der Waals surface area contributed by atoms with Gasteiger partial charge < -0.3 is 19.7 Å². The first-order valence-electron chi connectivity index (χ1n) is 9.88. The number of carbonyl (C=O) groups excluding carboxylic acids is 2. The highest BCUT2D eigenvalue weighted by atomic mass is 16.5. The van der Waals surface area contributed by atoms with Crippen molar-refractivity contribution in [2.45, 2.75) is 32.2 Å². The van der Waals surface area contributed by atoms with Gasteiger partial charge in [0, 0.05) is 25.1 Å². The lowest BCUT2D eigenvalue weighted by molar-refractivity contribution is -0.126. The molecule has 1 aliphatic heterocycles. The molecule has 2 aromatic carbocycles. The summed E-state index contributed by atoms with van der Waals surface area (Å²) in [6, 6.07) is 15.6. The van der Waals surface area contributed by atoms with Crippen molar-refractivity contribution in [3.8, 4) is 11.5 Å². The van der Waals surface area contributed by atoms with E-state index in [0.717, 1.165) is 12.8 Å². The SMILES string of the molecule is COc1ccc(OC)c(N2C[C@H](C(=O)N[C@H](C)CCc3ccccc3)CC2=O)c1. The van der Waals surface area contributed by atoms with Crippen LogP contribution < -0.4 is 19.7 Å². The van der Waals surface area contributed by atoms with Gasteiger partial charge in [-0.1, -0.05) is 30.3 Å². The van der Waals surface area contributed by atoms with E-state index < -0.39 is 0 Å². The fourth-order valence-corrected chi connectivity index (χ4v) is 3.58. The fourth-order valence-electron chi connectivity index (χ4n) is 3.58. The molecule has 0 saturated carbocycles. The van der Waals surface area contributed by atoms with E-state index in [0.29, 0.717) is 23.7 Å². The van der Waals surface area contributed by atoms with Gasteiger partial charge in [-0.3, -0.25) is 9.59 Å². The maximum Gasteiger partial charge on any atom is 0.227 e. The van der Waals surface area contributed by atoms with Crippen LogP contribution in [0.5, 0.6) is 11.5 Å². The van der Waals surface area contributed by atoms with E-state index in [9.17, 15) is 9.59 Å². The smallest absolute Gasteiger partial charge is 0.227 e. The summed E-state index contributed by atoms with van der Waals surface area (Å²) in [4.78, 5) is 26.9. The molecule has 0 unspecified atom stereocenters. The molecular weight excluding hydrogens is 368 g/mol. The Morgan fingerprint density at radius 3 is 2.62 bits per heavy atom. The normalized spacial score (nSPS) is 17.1. The summed E-state index contributed by atoms with van der Waals surface area (Å²) in [5.41, 5.74) is 1.88. The number of nitrogens with zero attached hydrogens (tertiary/aromatic N) is 1. The topological polar surface area (TPSA) is 67.9 Å². The molecule has 6 nitrogen and oxygen atoms in total. The third kappa shape index (κ3) is 5.08. The average molecular weight is 396 g/mol. The van der Waals surface area contributed by atoms with Gasteiger partial charge in [0.05, 0.1) is 25.8 Å². The van der Waals surface area contributed by atoms with E-state index in [1.807, 2.05) is 25.1 Å². The van der Waals surface area contributed by atoms with Gasteiger partial charge in [-0.25, -0.2) is 0 Å². The Hall–Kier alpha value is -3.02. The Morgan fingerprint density at radius 2 is 1.93 bits per heavy atom. The molecule has 0 spiro atoms. The standard InChI is InChI=1S/C23H28N2O4/c1-16(9-10-17-7-5-4-6-8-17)24-23(27)18-13-22(26)25(15-18)20-14-19(28-2)11-12-21(20)29-3/h4-8,11-12,14,16,18H,9-10,13,15H2,1-3H3,(H,24,27)/t16-,18-/m1/s1. The lowest BCUT2D eigenvalue weighted by Gasteiger charge is -2.21. The molecule has 1 saturated heterocycles. The van der Waals surface area contributed by atoms with Gasteiger partial charge in [-0.05, 0) is 37.5 Å². The summed E-state index contributed by atoms with van der Waals surface area (Å²) in [5.74, 6) is 0.668. The van der Waals surface area contributed by atoms with E-state index >= 15 is 0 Å². The molecule has 0 aliphatic carbocycles. The zero-order valence-corrected chi connectivity index (χ0v) is 17.2. The minimum Gasteiger partial charge on any atom is -0.497 e. The molecule has 1 N–H and O–H groups in total. The summed E-state index contributed by atoms with van der Waals surface area (Å²) >= 11 is 0. The maximum absolute atomic E-state index is 12.7. The van der Waals surface area contributed by atoms with Gasteiger partial charge in [0.25, 0.3) is 0 Å². The van der Waals surface area contributed by atoms with Gasteiger partial charge >= 0.3 is 0 Å². The van der Waals surface area contributed by atoms with Crippen molar-refractivity contribution in [2.75, 3.05) is 25.7 Å². The van der Waals surface area contributed by atoms with E-state index in [1.165, 1.54) is 5.56 Å². The number of benzene rings is 2. The lowest BCUT2D eigenvalue weighted by Crippen LogP contribution is -2.38. The quantitative estimate of drug-likeness (QED) is 0.744. The third-order valence-electron chi connectivity index (χ3n) is 5.27. The fraction of sp³-hybridized carbons (Fsp3) is 0.391. The predicted molar refractivity (Wildman–Crippen MR) is 112 cm³/mol. The highest BCUT2D eigenvalue weighted by Gasteiger charge is 2.36. The largest absolute Gasteiger partial charge is 0.497 e. The third-order valence-corrected chi connectivity index (χ3v) is 5.27. The van der Waals surface area contributed by atoms with E-state index in [1.54, 1.807) is 37.3 Å². The maximum atomic E-state index is 12.7. The average Bonchev–Trinajstić information content (AvgIpc) is 3.14. The molecule has 2 aromatic rings. The molecule has 0 radical (unpaired) electrons. The van der Waals surface area contributed by atoms with Gasteiger partial charge in [0.15, 0.2) is 0 Å². The Kier molecular flexibility index (Phi) is 6.75. The van der Waals surface area contributed by atoms with Crippen LogP contribution in [0.25, 0.3) is 0 Å². The van der Waals surface area contributed by atoms with Crippen molar-refractivity contribution in [3.63, 3.8) is 0 Å². The Labute approximate surface area is 171 Å². The molecule has 0 aromatic heterocycles. The highest BCUT2D eigenvalue weighted by molar-refractivity contribution is 6.01. The Balaban J connectivity index is 1.60. The Morgan fingerprint density at radius 1 is 1.17 bits per heavy atom. The number of methoxy groups -OCH3 is 2. The van der Waals surface area contributed by atoms with Crippen LogP contribution in [0.4, 0.5) is 5.69 Å². The van der Waals surface area contributed by atoms with Crippen molar-refractivity contribution in [3.05, 3.63) is 54.1 Å². The number of aryl methyl sites for hydroxylation is 1. The molecule has 1 fully saturated rings. The number of carbonyl (C=O) groups is 2. The number of hydrogen-bond donors (Lipinski definition) is 1. The zero-order valence-electron chi connectivity index (χ0n) is 17.2. The minimum absolute atomic E-state index is 0.0400. The number of amides is 2. The van der Waals surface area contributed by atoms with Crippen molar-refractivity contribution in [2.24, 2.45) is 5.92 Å². The van der Waals surface area contributed by atoms with Crippen LogP contribution in [0, 0.1) is 5.92 Å². The van der Waals surface area contributed by atoms with Crippen LogP contribution in [0.15, 0.2) is 48.5 Å². The molecule has 2 amide bonds. The summed E-state index contributed by atoms with van der Waals surface area (Å²) < 4.78 is 10.7. The van der Waals surface area contributed by atoms with E-state index in [2.05, 4.69) is 17.4 Å². The first kappa shape index (κ1) is 20.7. The number of nitrogens with one attached hydrogen (secondary N) is 1. The Bertz CT molecular complexity index is 853. The van der Waals surface area contributed by atoms with Gasteiger partial charge in [-0.2, -0.15) is 0 Å². The van der Waals surface area contributed by atoms with Crippen LogP contribution in [0.2, 0.25) is 0 Å². The van der Waals surface area contributed by atoms with E-state index in [-0.39, 0.29) is 30.2 Å². The number of rotatable bonds is 8. The second-order valence-corrected chi connectivity index (χ2v) is 7.38. The molecule has 0 bridgehead atoms. The number of ether oxygens (including phenoxy) is 2. The molecule has 154 valence electrons. The molecule has 29 heavy (non-hydrogen) atoms. The molecule has 2 atom stereocenters. The molecule has 3 rings (SSSR count). The lowest BCUT2D eigenvalue weighted by atomic mass is 10.0. The van der Waals surface area contributed by atoms with Gasteiger partial charge in [0.2, 0.25) is 11.8 Å². The molecule has 1 aliphatic rings. The monoisotopic (exact) mass is 396 g/mol. The minimum atomic E-state index is -0.377. The van der Waals surface area contributed by atoms with Crippen LogP contribution in [-0.4, -0.2) is 38.6 Å².